The number of nitrogens with zero attached hydrogens (tertiary/aromatic N) is 2. The Kier molecular flexibility index (Phi) is 4.94. The van der Waals surface area contributed by atoms with E-state index in [0.717, 1.165) is 12.1 Å². The van der Waals surface area contributed by atoms with E-state index < -0.39 is 0 Å². The zero-order valence-electron chi connectivity index (χ0n) is 15.3. The van der Waals surface area contributed by atoms with Crippen molar-refractivity contribution >= 4 is 11.8 Å². The number of carbonyl (C=O) groups excluding carboxylic acids is 2. The second-order valence-corrected chi connectivity index (χ2v) is 7.12. The van der Waals surface area contributed by atoms with Crippen LogP contribution in [0.5, 0.6) is 0 Å². The molecule has 0 spiro atoms. The second-order valence-electron chi connectivity index (χ2n) is 7.12. The van der Waals surface area contributed by atoms with Crippen LogP contribution >= 0.6 is 0 Å². The Labute approximate surface area is 157 Å². The third-order valence-electron chi connectivity index (χ3n) is 5.26. The molecule has 0 aromatic carbocycles. The number of nitrogens with one attached hydrogen (secondary N) is 1. The van der Waals surface area contributed by atoms with Crippen molar-refractivity contribution in [2.24, 2.45) is 5.92 Å². The molecule has 0 unspecified atom stereocenters. The molecule has 142 valence electrons. The Morgan fingerprint density at radius 2 is 2.19 bits per heavy atom. The van der Waals surface area contributed by atoms with Gasteiger partial charge in [0.2, 0.25) is 5.91 Å². The molecule has 0 bridgehead atoms. The molecule has 1 N–H and O–H groups in total. The molecule has 2 aromatic heterocycles. The van der Waals surface area contributed by atoms with Gasteiger partial charge in [0.25, 0.3) is 5.91 Å². The number of hydrogen-bond acceptors (Lipinski definition) is 5. The highest BCUT2D eigenvalue weighted by Crippen LogP contribution is 2.32. The van der Waals surface area contributed by atoms with Crippen LogP contribution in [0, 0.1) is 12.8 Å². The van der Waals surface area contributed by atoms with Crippen molar-refractivity contribution in [1.82, 2.24) is 15.2 Å². The number of furan rings is 1. The van der Waals surface area contributed by atoms with Crippen molar-refractivity contribution in [3.8, 4) is 0 Å². The number of piperidine rings is 1. The van der Waals surface area contributed by atoms with Crippen LogP contribution in [0.4, 0.5) is 0 Å². The number of aromatic nitrogens is 1. The van der Waals surface area contributed by atoms with E-state index in [1.165, 1.54) is 0 Å². The van der Waals surface area contributed by atoms with Gasteiger partial charge in [0.15, 0.2) is 0 Å². The average molecular weight is 369 g/mol. The maximum Gasteiger partial charge on any atom is 0.272 e. The Morgan fingerprint density at radius 1 is 1.30 bits per heavy atom. The van der Waals surface area contributed by atoms with Crippen LogP contribution < -0.4 is 5.32 Å². The molecule has 2 aromatic rings. The lowest BCUT2D eigenvalue weighted by atomic mass is 9.89. The monoisotopic (exact) mass is 369 g/mol. The van der Waals surface area contributed by atoms with Gasteiger partial charge in [-0.3, -0.25) is 9.59 Å². The number of likely N-dealkylation sites (tertiary alicyclic amines) is 1. The van der Waals surface area contributed by atoms with Gasteiger partial charge in [0.1, 0.15) is 11.5 Å². The minimum absolute atomic E-state index is 0.00827. The largest absolute Gasteiger partial charge is 0.467 e. The number of aryl methyl sites for hydroxylation is 1. The van der Waals surface area contributed by atoms with E-state index in [0.29, 0.717) is 37.6 Å². The van der Waals surface area contributed by atoms with Crippen LogP contribution in [0.3, 0.4) is 0 Å². The maximum absolute atomic E-state index is 13.1. The minimum atomic E-state index is -0.312. The summed E-state index contributed by atoms with van der Waals surface area (Å²) in [4.78, 5) is 31.9. The summed E-state index contributed by atoms with van der Waals surface area (Å²) in [5.74, 6) is 0.164. The van der Waals surface area contributed by atoms with Crippen molar-refractivity contribution in [3.05, 3.63) is 53.7 Å². The Hall–Kier alpha value is -2.67. The number of amides is 2. The molecule has 4 rings (SSSR count). The van der Waals surface area contributed by atoms with Gasteiger partial charge in [0.05, 0.1) is 30.9 Å². The lowest BCUT2D eigenvalue weighted by molar-refractivity contribution is -0.129. The van der Waals surface area contributed by atoms with Crippen molar-refractivity contribution < 1.29 is 18.7 Å². The van der Waals surface area contributed by atoms with Crippen LogP contribution in [0.25, 0.3) is 0 Å². The maximum atomic E-state index is 13.1. The predicted molar refractivity (Wildman–Crippen MR) is 96.8 cm³/mol. The zero-order chi connectivity index (χ0) is 18.8. The molecule has 2 aliphatic rings. The fourth-order valence-corrected chi connectivity index (χ4v) is 3.91. The minimum Gasteiger partial charge on any atom is -0.467 e. The van der Waals surface area contributed by atoms with Gasteiger partial charge in [0, 0.05) is 18.8 Å². The van der Waals surface area contributed by atoms with Crippen LogP contribution in [-0.4, -0.2) is 47.0 Å². The van der Waals surface area contributed by atoms with E-state index in [4.69, 9.17) is 9.15 Å². The normalized spacial score (nSPS) is 24.5. The van der Waals surface area contributed by atoms with Gasteiger partial charge in [-0.05, 0) is 44.0 Å². The quantitative estimate of drug-likeness (QED) is 0.890. The zero-order valence-corrected chi connectivity index (χ0v) is 15.3. The number of hydrogen-bond donors (Lipinski definition) is 1. The summed E-state index contributed by atoms with van der Waals surface area (Å²) < 4.78 is 11.1. The van der Waals surface area contributed by atoms with Crippen LogP contribution in [0.1, 0.15) is 34.8 Å². The third-order valence-corrected chi connectivity index (χ3v) is 5.26. The highest BCUT2D eigenvalue weighted by Gasteiger charge is 2.44. The van der Waals surface area contributed by atoms with Gasteiger partial charge in [-0.1, -0.05) is 6.07 Å². The third kappa shape index (κ3) is 3.73. The summed E-state index contributed by atoms with van der Waals surface area (Å²) in [6.45, 7) is 3.19. The molecule has 3 atom stereocenters. The van der Waals surface area contributed by atoms with E-state index in [1.54, 1.807) is 23.3 Å². The van der Waals surface area contributed by atoms with E-state index >= 15 is 0 Å². The number of pyridine rings is 1. The topological polar surface area (TPSA) is 84.7 Å². The molecule has 27 heavy (non-hydrogen) atoms. The molecule has 2 saturated heterocycles. The standard InChI is InChI=1S/C20H23N3O4/c1-13-4-2-6-16(22-13)20(25)23-12-14(10-18-17(23)7-9-27-18)19(24)21-11-15-5-3-8-26-15/h2-6,8,14,17-18H,7,9-12H2,1H3,(H,21,24)/t14-,17+,18+/m1/s1. The summed E-state index contributed by atoms with van der Waals surface area (Å²) in [7, 11) is 0. The first-order valence-corrected chi connectivity index (χ1v) is 9.28. The van der Waals surface area contributed by atoms with Gasteiger partial charge in [-0.25, -0.2) is 4.98 Å². The first-order valence-electron chi connectivity index (χ1n) is 9.28. The summed E-state index contributed by atoms with van der Waals surface area (Å²) in [5, 5.41) is 2.90. The smallest absolute Gasteiger partial charge is 0.272 e. The molecular formula is C20H23N3O4. The first-order chi connectivity index (χ1) is 13.1. The highest BCUT2D eigenvalue weighted by atomic mass is 16.5. The summed E-state index contributed by atoms with van der Waals surface area (Å²) in [6.07, 6.45) is 2.89. The lowest BCUT2D eigenvalue weighted by Crippen LogP contribution is -2.55. The Bertz CT molecular complexity index is 820. The van der Waals surface area contributed by atoms with Gasteiger partial charge >= 0.3 is 0 Å². The molecule has 0 saturated carbocycles. The van der Waals surface area contributed by atoms with Crippen molar-refractivity contribution in [2.75, 3.05) is 13.2 Å². The van der Waals surface area contributed by atoms with Crippen LogP contribution in [0.15, 0.2) is 41.0 Å². The van der Waals surface area contributed by atoms with Crippen molar-refractivity contribution in [2.45, 2.75) is 38.5 Å². The first kappa shape index (κ1) is 17.7. The van der Waals surface area contributed by atoms with Crippen LogP contribution in [-0.2, 0) is 16.1 Å². The molecule has 0 radical (unpaired) electrons. The van der Waals surface area contributed by atoms with Crippen molar-refractivity contribution in [1.29, 1.82) is 0 Å². The van der Waals surface area contributed by atoms with Gasteiger partial charge in [-0.15, -0.1) is 0 Å². The lowest BCUT2D eigenvalue weighted by Gasteiger charge is -2.40. The van der Waals surface area contributed by atoms with Gasteiger partial charge < -0.3 is 19.4 Å². The van der Waals surface area contributed by atoms with E-state index in [1.807, 2.05) is 25.1 Å². The number of fused-ring (bicyclic) bond motifs is 1. The molecular weight excluding hydrogens is 346 g/mol. The fourth-order valence-electron chi connectivity index (χ4n) is 3.91. The fraction of sp³-hybridized carbons (Fsp3) is 0.450. The molecule has 2 aliphatic heterocycles. The molecule has 0 aliphatic carbocycles. The summed E-state index contributed by atoms with van der Waals surface area (Å²) >= 11 is 0. The number of ether oxygens (including phenoxy) is 1. The molecule has 7 heteroatoms. The predicted octanol–water partition coefficient (Wildman–Crippen LogP) is 1.92. The molecule has 2 fully saturated rings. The molecule has 7 nitrogen and oxygen atoms in total. The second kappa shape index (κ2) is 7.52. The Morgan fingerprint density at radius 3 is 2.96 bits per heavy atom. The number of rotatable bonds is 4. The SMILES string of the molecule is Cc1cccc(C(=O)N2C[C@H](C(=O)NCc3ccco3)C[C@@H]3OCC[C@@H]32)n1. The van der Waals surface area contributed by atoms with Gasteiger partial charge in [-0.2, -0.15) is 0 Å². The number of carbonyl (C=O) groups is 2. The summed E-state index contributed by atoms with van der Waals surface area (Å²) in [5.41, 5.74) is 1.21. The van der Waals surface area contributed by atoms with E-state index in [9.17, 15) is 9.59 Å². The summed E-state index contributed by atoms with van der Waals surface area (Å²) in [6, 6.07) is 9.02. The van der Waals surface area contributed by atoms with Crippen LogP contribution in [0.2, 0.25) is 0 Å². The van der Waals surface area contributed by atoms with Crippen molar-refractivity contribution in [3.63, 3.8) is 0 Å². The highest BCUT2D eigenvalue weighted by molar-refractivity contribution is 5.93. The van der Waals surface area contributed by atoms with E-state index in [2.05, 4.69) is 10.3 Å². The average Bonchev–Trinajstić information content (AvgIpc) is 3.36. The van der Waals surface area contributed by atoms with E-state index in [-0.39, 0.29) is 29.9 Å². The molecule has 2 amide bonds. The Balaban J connectivity index is 1.48. The molecule has 4 heterocycles.